The van der Waals surface area contributed by atoms with Gasteiger partial charge in [-0.15, -0.1) is 0 Å². The van der Waals surface area contributed by atoms with Gasteiger partial charge < -0.3 is 10.1 Å². The van der Waals surface area contributed by atoms with Crippen molar-refractivity contribution >= 4 is 17.4 Å². The molecule has 94 valence electrons. The molecule has 2 rings (SSSR count). The molecule has 18 heavy (non-hydrogen) atoms. The summed E-state index contributed by atoms with van der Waals surface area (Å²) in [6.07, 6.45) is 3.73. The molecule has 1 fully saturated rings. The minimum Gasteiger partial charge on any atom is -0.451 e. The van der Waals surface area contributed by atoms with E-state index in [0.717, 1.165) is 5.69 Å². The number of carbonyl (C=O) groups is 2. The van der Waals surface area contributed by atoms with Crippen molar-refractivity contribution in [2.75, 3.05) is 5.32 Å². The molecule has 0 amide bonds. The van der Waals surface area contributed by atoms with Gasteiger partial charge in [0.2, 0.25) is 0 Å². The third-order valence-electron chi connectivity index (χ3n) is 2.93. The van der Waals surface area contributed by atoms with E-state index < -0.39 is 5.60 Å². The molecule has 0 saturated carbocycles. The second kappa shape index (κ2) is 5.04. The fourth-order valence-electron chi connectivity index (χ4n) is 1.79. The minimum atomic E-state index is -0.994. The van der Waals surface area contributed by atoms with E-state index in [4.69, 9.17) is 4.74 Å². The fraction of sp³-hybridized carbons (Fsp3) is 0.286. The number of carbonyl (C=O) groups excluding carboxylic acids is 2. The number of ether oxygens (including phenoxy) is 1. The molecule has 0 bridgehead atoms. The highest BCUT2D eigenvalue weighted by Gasteiger charge is 2.41. The SMILES string of the molecule is CC1(C(=O)/C=C/Nc2ccccc2)CCC(=O)O1. The zero-order valence-corrected chi connectivity index (χ0v) is 10.2. The maximum atomic E-state index is 11.9. The quantitative estimate of drug-likeness (QED) is 0.653. The first kappa shape index (κ1) is 12.4. The van der Waals surface area contributed by atoms with Crippen LogP contribution in [0.4, 0.5) is 5.69 Å². The van der Waals surface area contributed by atoms with E-state index in [0.29, 0.717) is 12.8 Å². The first-order chi connectivity index (χ1) is 8.60. The van der Waals surface area contributed by atoms with Crippen LogP contribution in [0.25, 0.3) is 0 Å². The van der Waals surface area contributed by atoms with Crippen molar-refractivity contribution in [2.45, 2.75) is 25.4 Å². The van der Waals surface area contributed by atoms with Crippen LogP contribution in [0.5, 0.6) is 0 Å². The number of hydrogen-bond donors (Lipinski definition) is 1. The normalized spacial score (nSPS) is 23.1. The van der Waals surface area contributed by atoms with Crippen molar-refractivity contribution in [3.05, 3.63) is 42.6 Å². The van der Waals surface area contributed by atoms with E-state index in [1.54, 1.807) is 13.1 Å². The molecule has 1 unspecified atom stereocenters. The van der Waals surface area contributed by atoms with Crippen LogP contribution in [-0.2, 0) is 14.3 Å². The second-order valence-corrected chi connectivity index (χ2v) is 4.41. The summed E-state index contributed by atoms with van der Waals surface area (Å²) in [7, 11) is 0. The van der Waals surface area contributed by atoms with Gasteiger partial charge in [-0.2, -0.15) is 0 Å². The number of ketones is 1. The van der Waals surface area contributed by atoms with Crippen molar-refractivity contribution in [3.8, 4) is 0 Å². The Morgan fingerprint density at radius 2 is 2.11 bits per heavy atom. The van der Waals surface area contributed by atoms with Gasteiger partial charge in [0.25, 0.3) is 0 Å². The van der Waals surface area contributed by atoms with Gasteiger partial charge in [-0.05, 0) is 19.1 Å². The third kappa shape index (κ3) is 2.77. The van der Waals surface area contributed by atoms with E-state index in [1.807, 2.05) is 30.3 Å². The summed E-state index contributed by atoms with van der Waals surface area (Å²) in [5.41, 5.74) is -0.0958. The number of hydrogen-bond acceptors (Lipinski definition) is 4. The Morgan fingerprint density at radius 3 is 2.72 bits per heavy atom. The van der Waals surface area contributed by atoms with Gasteiger partial charge in [-0.1, -0.05) is 18.2 Å². The average molecular weight is 245 g/mol. The molecule has 1 aliphatic rings. The number of rotatable bonds is 4. The number of para-hydroxylation sites is 1. The van der Waals surface area contributed by atoms with Crippen LogP contribution >= 0.6 is 0 Å². The first-order valence-corrected chi connectivity index (χ1v) is 5.84. The van der Waals surface area contributed by atoms with Gasteiger partial charge in [-0.25, -0.2) is 0 Å². The molecule has 1 N–H and O–H groups in total. The summed E-state index contributed by atoms with van der Waals surface area (Å²) in [4.78, 5) is 22.9. The van der Waals surface area contributed by atoms with Crippen LogP contribution in [0, 0.1) is 0 Å². The number of benzene rings is 1. The molecule has 0 spiro atoms. The monoisotopic (exact) mass is 245 g/mol. The highest BCUT2D eigenvalue weighted by molar-refractivity contribution is 5.99. The third-order valence-corrected chi connectivity index (χ3v) is 2.93. The number of esters is 1. The lowest BCUT2D eigenvalue weighted by molar-refractivity contribution is -0.153. The predicted octanol–water partition coefficient (Wildman–Crippen LogP) is 2.28. The minimum absolute atomic E-state index is 0.197. The fourth-order valence-corrected chi connectivity index (χ4v) is 1.79. The van der Waals surface area contributed by atoms with Gasteiger partial charge in [0.15, 0.2) is 11.4 Å². The van der Waals surface area contributed by atoms with Crippen molar-refractivity contribution in [1.29, 1.82) is 0 Å². The van der Waals surface area contributed by atoms with Crippen LogP contribution in [0.3, 0.4) is 0 Å². The molecular weight excluding hydrogens is 230 g/mol. The van der Waals surface area contributed by atoms with E-state index in [-0.39, 0.29) is 11.8 Å². The van der Waals surface area contributed by atoms with Crippen LogP contribution in [-0.4, -0.2) is 17.4 Å². The largest absolute Gasteiger partial charge is 0.451 e. The maximum Gasteiger partial charge on any atom is 0.306 e. The predicted molar refractivity (Wildman–Crippen MR) is 67.9 cm³/mol. The van der Waals surface area contributed by atoms with E-state index >= 15 is 0 Å². The first-order valence-electron chi connectivity index (χ1n) is 5.84. The van der Waals surface area contributed by atoms with Gasteiger partial charge in [0, 0.05) is 30.8 Å². The molecule has 0 radical (unpaired) electrons. The van der Waals surface area contributed by atoms with Gasteiger partial charge in [0.1, 0.15) is 0 Å². The summed E-state index contributed by atoms with van der Waals surface area (Å²) in [6, 6.07) is 9.51. The summed E-state index contributed by atoms with van der Waals surface area (Å²) in [5, 5.41) is 2.99. The standard InChI is InChI=1S/C14H15NO3/c1-14(9-7-13(17)18-14)12(16)8-10-15-11-5-3-2-4-6-11/h2-6,8,10,15H,7,9H2,1H3/b10-8+. The smallest absolute Gasteiger partial charge is 0.306 e. The highest BCUT2D eigenvalue weighted by Crippen LogP contribution is 2.27. The number of nitrogens with one attached hydrogen (secondary N) is 1. The Bertz CT molecular complexity index is 481. The number of anilines is 1. The zero-order valence-electron chi connectivity index (χ0n) is 10.2. The molecule has 1 atom stereocenters. The zero-order chi connectivity index (χ0) is 13.0. The lowest BCUT2D eigenvalue weighted by Gasteiger charge is -2.18. The molecule has 1 saturated heterocycles. The van der Waals surface area contributed by atoms with Crippen molar-refractivity contribution in [3.63, 3.8) is 0 Å². The Hall–Kier alpha value is -2.10. The van der Waals surface area contributed by atoms with Crippen molar-refractivity contribution < 1.29 is 14.3 Å². The molecule has 4 heteroatoms. The lowest BCUT2D eigenvalue weighted by Crippen LogP contribution is -2.33. The van der Waals surface area contributed by atoms with Gasteiger partial charge >= 0.3 is 5.97 Å². The topological polar surface area (TPSA) is 55.4 Å². The van der Waals surface area contributed by atoms with Crippen molar-refractivity contribution in [2.24, 2.45) is 0 Å². The second-order valence-electron chi connectivity index (χ2n) is 4.41. The van der Waals surface area contributed by atoms with Crippen LogP contribution in [0.1, 0.15) is 19.8 Å². The molecule has 0 aromatic heterocycles. The lowest BCUT2D eigenvalue weighted by atomic mass is 9.97. The van der Waals surface area contributed by atoms with E-state index in [1.165, 1.54) is 6.08 Å². The Labute approximate surface area is 106 Å². The van der Waals surface area contributed by atoms with E-state index in [9.17, 15) is 9.59 Å². The van der Waals surface area contributed by atoms with Crippen molar-refractivity contribution in [1.82, 2.24) is 0 Å². The molecule has 1 heterocycles. The summed E-state index contributed by atoms with van der Waals surface area (Å²) in [5.74, 6) is -0.507. The van der Waals surface area contributed by atoms with Crippen LogP contribution < -0.4 is 5.32 Å². The molecule has 1 aromatic carbocycles. The van der Waals surface area contributed by atoms with Crippen LogP contribution in [0.2, 0.25) is 0 Å². The molecule has 1 aromatic rings. The maximum absolute atomic E-state index is 11.9. The number of cyclic esters (lactones) is 1. The summed E-state index contributed by atoms with van der Waals surface area (Å²) in [6.45, 7) is 1.65. The van der Waals surface area contributed by atoms with E-state index in [2.05, 4.69) is 5.32 Å². The Balaban J connectivity index is 1.93. The van der Waals surface area contributed by atoms with Gasteiger partial charge in [0.05, 0.1) is 0 Å². The van der Waals surface area contributed by atoms with Crippen LogP contribution in [0.15, 0.2) is 42.6 Å². The molecule has 1 aliphatic heterocycles. The average Bonchev–Trinajstić information content (AvgIpc) is 2.72. The Kier molecular flexibility index (Phi) is 3.46. The summed E-state index contributed by atoms with van der Waals surface area (Å²) >= 11 is 0. The molecular formula is C14H15NO3. The van der Waals surface area contributed by atoms with Gasteiger partial charge in [-0.3, -0.25) is 9.59 Å². The Morgan fingerprint density at radius 1 is 1.39 bits per heavy atom. The molecule has 4 nitrogen and oxygen atoms in total. The molecule has 0 aliphatic carbocycles. The highest BCUT2D eigenvalue weighted by atomic mass is 16.6. The summed E-state index contributed by atoms with van der Waals surface area (Å²) < 4.78 is 5.05.